The number of fused-ring (bicyclic) bond motifs is 1. The lowest BCUT2D eigenvalue weighted by atomic mass is 10.0. The van der Waals surface area contributed by atoms with Gasteiger partial charge in [0.1, 0.15) is 0 Å². The molecule has 0 amide bonds. The van der Waals surface area contributed by atoms with E-state index in [9.17, 15) is 0 Å². The molecule has 0 saturated carbocycles. The third-order valence-electron chi connectivity index (χ3n) is 2.58. The van der Waals surface area contributed by atoms with Gasteiger partial charge in [-0.25, -0.2) is 0 Å². The molecule has 14 heavy (non-hydrogen) atoms. The normalized spacial score (nSPS) is 13.3. The minimum absolute atomic E-state index is 0.490. The Morgan fingerprint density at radius 3 is 3.14 bits per heavy atom. The van der Waals surface area contributed by atoms with Crippen LogP contribution >= 0.6 is 0 Å². The Morgan fingerprint density at radius 1 is 1.50 bits per heavy atom. The van der Waals surface area contributed by atoms with Crippen molar-refractivity contribution in [2.75, 3.05) is 7.05 Å². The molecule has 1 aromatic heterocycles. The van der Waals surface area contributed by atoms with Gasteiger partial charge in [0.25, 0.3) is 0 Å². The Morgan fingerprint density at radius 2 is 2.36 bits per heavy atom. The molecule has 0 spiro atoms. The van der Waals surface area contributed by atoms with Gasteiger partial charge in [-0.05, 0) is 26.0 Å². The number of hydrogen-bond acceptors (Lipinski definition) is 2. The van der Waals surface area contributed by atoms with Crippen LogP contribution < -0.4 is 5.32 Å². The molecule has 1 aromatic carbocycles. The molecule has 0 aliphatic carbocycles. The van der Waals surface area contributed by atoms with Crippen molar-refractivity contribution in [1.29, 1.82) is 0 Å². The maximum Gasteiger partial charge on any atom is 0.0682 e. The number of nitrogens with zero attached hydrogens (tertiary/aromatic N) is 1. The number of H-pyrrole nitrogens is 1. The van der Waals surface area contributed by atoms with Gasteiger partial charge in [0, 0.05) is 11.4 Å². The quantitative estimate of drug-likeness (QED) is 0.771. The minimum Gasteiger partial charge on any atom is -0.317 e. The number of benzene rings is 1. The van der Waals surface area contributed by atoms with Crippen LogP contribution in [0, 0.1) is 0 Å². The van der Waals surface area contributed by atoms with E-state index in [4.69, 9.17) is 0 Å². The van der Waals surface area contributed by atoms with Gasteiger partial charge in [0.15, 0.2) is 0 Å². The fourth-order valence-electron chi connectivity index (χ4n) is 1.63. The summed E-state index contributed by atoms with van der Waals surface area (Å²) in [4.78, 5) is 0. The summed E-state index contributed by atoms with van der Waals surface area (Å²) >= 11 is 0. The molecule has 0 aliphatic heterocycles. The molecular formula is C11H15N3. The standard InChI is InChI=1S/C11H15N3/c1-8(12-2)6-9-4-3-5-10-7-13-14-11(9)10/h3-5,7-8,12H,6H2,1-2H3,(H,13,14). The fourth-order valence-corrected chi connectivity index (χ4v) is 1.63. The summed E-state index contributed by atoms with van der Waals surface area (Å²) in [6, 6.07) is 6.79. The first-order valence-corrected chi connectivity index (χ1v) is 4.89. The number of aromatic amines is 1. The Bertz CT molecular complexity index is 419. The van der Waals surface area contributed by atoms with Gasteiger partial charge >= 0.3 is 0 Å². The van der Waals surface area contributed by atoms with E-state index in [2.05, 4.69) is 40.6 Å². The second-order valence-electron chi connectivity index (χ2n) is 3.65. The van der Waals surface area contributed by atoms with Crippen molar-refractivity contribution in [3.63, 3.8) is 0 Å². The highest BCUT2D eigenvalue weighted by atomic mass is 15.1. The highest BCUT2D eigenvalue weighted by Gasteiger charge is 2.05. The SMILES string of the molecule is CNC(C)Cc1cccc2cn[nH]c12. The zero-order valence-electron chi connectivity index (χ0n) is 8.54. The summed E-state index contributed by atoms with van der Waals surface area (Å²) in [6.45, 7) is 2.18. The Kier molecular flexibility index (Phi) is 2.50. The van der Waals surface area contributed by atoms with Crippen LogP contribution in [0.15, 0.2) is 24.4 Å². The average molecular weight is 189 g/mol. The van der Waals surface area contributed by atoms with E-state index in [0.29, 0.717) is 6.04 Å². The molecule has 1 heterocycles. The zero-order chi connectivity index (χ0) is 9.97. The van der Waals surface area contributed by atoms with Crippen LogP contribution in [0.5, 0.6) is 0 Å². The first kappa shape index (κ1) is 9.21. The lowest BCUT2D eigenvalue weighted by molar-refractivity contribution is 0.610. The first-order chi connectivity index (χ1) is 6.81. The smallest absolute Gasteiger partial charge is 0.0682 e. The average Bonchev–Trinajstić information content (AvgIpc) is 2.66. The molecule has 0 aliphatic rings. The maximum absolute atomic E-state index is 4.05. The van der Waals surface area contributed by atoms with Gasteiger partial charge in [-0.3, -0.25) is 5.10 Å². The van der Waals surface area contributed by atoms with Gasteiger partial charge < -0.3 is 5.32 Å². The zero-order valence-corrected chi connectivity index (χ0v) is 8.54. The van der Waals surface area contributed by atoms with Gasteiger partial charge in [0.2, 0.25) is 0 Å². The third-order valence-corrected chi connectivity index (χ3v) is 2.58. The second kappa shape index (κ2) is 3.80. The first-order valence-electron chi connectivity index (χ1n) is 4.89. The van der Waals surface area contributed by atoms with E-state index in [-0.39, 0.29) is 0 Å². The van der Waals surface area contributed by atoms with E-state index in [0.717, 1.165) is 11.9 Å². The van der Waals surface area contributed by atoms with Crippen molar-refractivity contribution in [2.24, 2.45) is 0 Å². The molecule has 2 aromatic rings. The highest BCUT2D eigenvalue weighted by Crippen LogP contribution is 2.16. The molecule has 0 saturated heterocycles. The van der Waals surface area contributed by atoms with Gasteiger partial charge in [-0.1, -0.05) is 18.2 Å². The van der Waals surface area contributed by atoms with Crippen LogP contribution in [0.25, 0.3) is 10.9 Å². The Balaban J connectivity index is 2.36. The van der Waals surface area contributed by atoms with Gasteiger partial charge in [0.05, 0.1) is 11.7 Å². The molecule has 2 rings (SSSR count). The van der Waals surface area contributed by atoms with Crippen LogP contribution in [-0.4, -0.2) is 23.3 Å². The number of aromatic nitrogens is 2. The number of nitrogens with one attached hydrogen (secondary N) is 2. The lowest BCUT2D eigenvalue weighted by Gasteiger charge is -2.10. The van der Waals surface area contributed by atoms with Crippen molar-refractivity contribution in [3.05, 3.63) is 30.0 Å². The molecule has 0 fully saturated rings. The molecule has 3 nitrogen and oxygen atoms in total. The van der Waals surface area contributed by atoms with Crippen LogP contribution in [-0.2, 0) is 6.42 Å². The van der Waals surface area contributed by atoms with Crippen molar-refractivity contribution >= 4 is 10.9 Å². The number of hydrogen-bond donors (Lipinski definition) is 2. The predicted molar refractivity (Wildman–Crippen MR) is 58.3 cm³/mol. The molecule has 1 atom stereocenters. The monoisotopic (exact) mass is 189 g/mol. The summed E-state index contributed by atoms with van der Waals surface area (Å²) in [5, 5.41) is 11.5. The lowest BCUT2D eigenvalue weighted by Crippen LogP contribution is -2.23. The summed E-state index contributed by atoms with van der Waals surface area (Å²) in [7, 11) is 1.98. The molecule has 0 bridgehead atoms. The summed E-state index contributed by atoms with van der Waals surface area (Å²) in [5.41, 5.74) is 2.48. The van der Waals surface area contributed by atoms with E-state index < -0.39 is 0 Å². The summed E-state index contributed by atoms with van der Waals surface area (Å²) < 4.78 is 0. The van der Waals surface area contributed by atoms with Crippen LogP contribution in [0.4, 0.5) is 0 Å². The summed E-state index contributed by atoms with van der Waals surface area (Å²) in [5.74, 6) is 0. The van der Waals surface area contributed by atoms with Crippen LogP contribution in [0.2, 0.25) is 0 Å². The van der Waals surface area contributed by atoms with E-state index in [1.807, 2.05) is 13.2 Å². The van der Waals surface area contributed by atoms with E-state index >= 15 is 0 Å². The topological polar surface area (TPSA) is 40.7 Å². The fraction of sp³-hybridized carbons (Fsp3) is 0.364. The predicted octanol–water partition coefficient (Wildman–Crippen LogP) is 1.71. The molecule has 3 heteroatoms. The highest BCUT2D eigenvalue weighted by molar-refractivity contribution is 5.81. The molecule has 74 valence electrons. The van der Waals surface area contributed by atoms with Gasteiger partial charge in [-0.15, -0.1) is 0 Å². The van der Waals surface area contributed by atoms with Crippen LogP contribution in [0.1, 0.15) is 12.5 Å². The van der Waals surface area contributed by atoms with Gasteiger partial charge in [-0.2, -0.15) is 5.10 Å². The number of rotatable bonds is 3. The Hall–Kier alpha value is -1.35. The molecule has 2 N–H and O–H groups in total. The van der Waals surface area contributed by atoms with Crippen LogP contribution in [0.3, 0.4) is 0 Å². The van der Waals surface area contributed by atoms with Crippen molar-refractivity contribution in [3.8, 4) is 0 Å². The van der Waals surface area contributed by atoms with E-state index in [1.54, 1.807) is 0 Å². The van der Waals surface area contributed by atoms with Crippen molar-refractivity contribution in [2.45, 2.75) is 19.4 Å². The van der Waals surface area contributed by atoms with E-state index in [1.165, 1.54) is 10.9 Å². The maximum atomic E-state index is 4.05. The van der Waals surface area contributed by atoms with Crippen molar-refractivity contribution < 1.29 is 0 Å². The number of likely N-dealkylation sites (N-methyl/N-ethyl adjacent to an activating group) is 1. The Labute approximate surface area is 83.5 Å². The minimum atomic E-state index is 0.490. The summed E-state index contributed by atoms with van der Waals surface area (Å²) in [6.07, 6.45) is 2.89. The second-order valence-corrected chi connectivity index (χ2v) is 3.65. The molecule has 0 radical (unpaired) electrons. The largest absolute Gasteiger partial charge is 0.317 e. The molecule has 1 unspecified atom stereocenters. The van der Waals surface area contributed by atoms with Crippen molar-refractivity contribution in [1.82, 2.24) is 15.5 Å². The number of para-hydroxylation sites is 1. The molecular weight excluding hydrogens is 174 g/mol. The third kappa shape index (κ3) is 1.63.